The van der Waals surface area contributed by atoms with Crippen molar-refractivity contribution >= 4 is 44.5 Å². The van der Waals surface area contributed by atoms with Gasteiger partial charge in [-0.25, -0.2) is 0 Å². The molecule has 3 aromatic carbocycles. The first kappa shape index (κ1) is 28.4. The topological polar surface area (TPSA) is 96.3 Å². The number of carbonyl (C=O) groups is 2. The molecule has 9 heteroatoms. The van der Waals surface area contributed by atoms with E-state index in [1.165, 1.54) is 13.8 Å². The van der Waals surface area contributed by atoms with Gasteiger partial charge in [-0.3, -0.25) is 14.4 Å². The van der Waals surface area contributed by atoms with Gasteiger partial charge in [0, 0.05) is 38.9 Å². The quantitative estimate of drug-likeness (QED) is 0.179. The number of nitrogens with zero attached hydrogens (tertiary/aromatic N) is 2. The maximum Gasteiger partial charge on any atom is 0.303 e. The highest BCUT2D eigenvalue weighted by atomic mass is 16.6. The predicted octanol–water partition coefficient (Wildman–Crippen LogP) is 4.88. The Kier molecular flexibility index (Phi) is 7.42. The Morgan fingerprint density at radius 3 is 2.32 bits per heavy atom. The van der Waals surface area contributed by atoms with Crippen molar-refractivity contribution in [1.82, 2.24) is 9.47 Å². The minimum absolute atomic E-state index is 0.209. The van der Waals surface area contributed by atoms with Gasteiger partial charge in [-0.1, -0.05) is 24.3 Å². The van der Waals surface area contributed by atoms with Crippen LogP contribution in [0.5, 0.6) is 11.5 Å². The predicted molar refractivity (Wildman–Crippen MR) is 158 cm³/mol. The number of hydrogen-bond acceptors (Lipinski definition) is 8. The van der Waals surface area contributed by atoms with Gasteiger partial charge in [0.1, 0.15) is 17.1 Å². The highest BCUT2D eigenvalue weighted by Gasteiger charge is 2.50. The summed E-state index contributed by atoms with van der Waals surface area (Å²) in [6.07, 6.45) is -1.24. The number of benzene rings is 3. The Balaban J connectivity index is 1.87. The minimum Gasteiger partial charge on any atom is -0.493 e. The molecule has 0 spiro atoms. The number of aryl methyl sites for hydroxylation is 1. The van der Waals surface area contributed by atoms with E-state index in [1.807, 2.05) is 62.1 Å². The minimum atomic E-state index is -1.05. The Morgan fingerprint density at radius 2 is 1.68 bits per heavy atom. The van der Waals surface area contributed by atoms with Gasteiger partial charge in [0.15, 0.2) is 12.2 Å². The van der Waals surface area contributed by atoms with Crippen LogP contribution in [-0.4, -0.2) is 60.4 Å². The normalized spacial score (nSPS) is 17.9. The molecule has 0 amide bonds. The fraction of sp³-hybridized carbons (Fsp3) is 0.406. The van der Waals surface area contributed by atoms with Gasteiger partial charge in [-0.2, -0.15) is 0 Å². The Labute approximate surface area is 238 Å². The number of rotatable bonds is 7. The second kappa shape index (κ2) is 10.7. The summed E-state index contributed by atoms with van der Waals surface area (Å²) in [7, 11) is 5.84. The van der Waals surface area contributed by atoms with Crippen molar-refractivity contribution in [2.45, 2.75) is 51.9 Å². The molecule has 0 unspecified atom stereocenters. The molecule has 0 fully saturated rings. The number of aromatic nitrogens is 1. The molecule has 0 N–H and O–H groups in total. The summed E-state index contributed by atoms with van der Waals surface area (Å²) < 4.78 is 26.2. The van der Waals surface area contributed by atoms with E-state index in [-0.39, 0.29) is 5.43 Å². The molecule has 0 saturated carbocycles. The lowest BCUT2D eigenvalue weighted by molar-refractivity contribution is -0.187. The molecular weight excluding hydrogens is 524 g/mol. The fourth-order valence-electron chi connectivity index (χ4n) is 5.72. The van der Waals surface area contributed by atoms with Crippen LogP contribution in [0.1, 0.15) is 45.8 Å². The number of pyridine rings is 1. The second-order valence-corrected chi connectivity index (χ2v) is 11.4. The van der Waals surface area contributed by atoms with Gasteiger partial charge >= 0.3 is 11.9 Å². The molecule has 41 heavy (non-hydrogen) atoms. The molecule has 9 nitrogen and oxygen atoms in total. The smallest absolute Gasteiger partial charge is 0.303 e. The van der Waals surface area contributed by atoms with E-state index in [9.17, 15) is 14.4 Å². The largest absolute Gasteiger partial charge is 0.493 e. The molecule has 0 radical (unpaired) electrons. The third kappa shape index (κ3) is 5.22. The van der Waals surface area contributed by atoms with Gasteiger partial charge in [0.05, 0.1) is 28.6 Å². The van der Waals surface area contributed by atoms with Crippen molar-refractivity contribution in [3.8, 4) is 11.5 Å². The summed E-state index contributed by atoms with van der Waals surface area (Å²) in [6.45, 7) is 7.35. The Morgan fingerprint density at radius 1 is 1.02 bits per heavy atom. The Bertz CT molecular complexity index is 1740. The molecule has 5 rings (SSSR count). The molecule has 0 aliphatic carbocycles. The highest BCUT2D eigenvalue weighted by Crippen LogP contribution is 2.49. The summed E-state index contributed by atoms with van der Waals surface area (Å²) in [5.74, 6) is -0.306. The van der Waals surface area contributed by atoms with Crippen LogP contribution in [-0.2, 0) is 26.1 Å². The molecule has 0 bridgehead atoms. The molecule has 2 atom stereocenters. The lowest BCUT2D eigenvalue weighted by Crippen LogP contribution is -2.52. The molecule has 216 valence electrons. The highest BCUT2D eigenvalue weighted by molar-refractivity contribution is 6.04. The fourth-order valence-corrected chi connectivity index (χ4v) is 5.72. The third-order valence-electron chi connectivity index (χ3n) is 7.51. The average Bonchev–Trinajstić information content (AvgIpc) is 2.89. The maximum atomic E-state index is 14.3. The van der Waals surface area contributed by atoms with E-state index in [1.54, 1.807) is 19.9 Å². The molecule has 4 aromatic rings. The number of hydrogen-bond donors (Lipinski definition) is 0. The van der Waals surface area contributed by atoms with E-state index >= 15 is 0 Å². The van der Waals surface area contributed by atoms with E-state index < -0.39 is 29.7 Å². The molecule has 1 aromatic heterocycles. The van der Waals surface area contributed by atoms with Crippen LogP contribution in [0, 0.1) is 0 Å². The lowest BCUT2D eigenvalue weighted by Gasteiger charge is -2.43. The lowest BCUT2D eigenvalue weighted by atomic mass is 9.86. The Hall–Kier alpha value is -4.11. The van der Waals surface area contributed by atoms with Crippen molar-refractivity contribution < 1.29 is 28.5 Å². The van der Waals surface area contributed by atoms with Crippen LogP contribution in [0.4, 0.5) is 0 Å². The van der Waals surface area contributed by atoms with Crippen LogP contribution >= 0.6 is 0 Å². The van der Waals surface area contributed by atoms with Crippen molar-refractivity contribution in [3.63, 3.8) is 0 Å². The third-order valence-corrected chi connectivity index (χ3v) is 7.51. The molecule has 2 heterocycles. The van der Waals surface area contributed by atoms with E-state index in [0.717, 1.165) is 23.7 Å². The number of fused-ring (bicyclic) bond motifs is 5. The molecule has 1 aliphatic rings. The second-order valence-electron chi connectivity index (χ2n) is 11.4. The van der Waals surface area contributed by atoms with E-state index in [2.05, 4.69) is 4.90 Å². The first-order valence-corrected chi connectivity index (χ1v) is 13.7. The zero-order valence-corrected chi connectivity index (χ0v) is 24.6. The summed E-state index contributed by atoms with van der Waals surface area (Å²) >= 11 is 0. The van der Waals surface area contributed by atoms with Crippen molar-refractivity contribution in [3.05, 3.63) is 58.3 Å². The number of ether oxygens (including phenoxy) is 4. The monoisotopic (exact) mass is 560 g/mol. The SMILES string of the molecule is CC(=O)O[C@H]1c2c(cc(OCCCN(C)C)c3c(=O)c4cc5ccccc5cc4n(C)c23)OC(C)(C)[C@H]1OC(C)=O. The maximum absolute atomic E-state index is 14.3. The van der Waals surface area contributed by atoms with Gasteiger partial charge in [0.25, 0.3) is 0 Å². The summed E-state index contributed by atoms with van der Waals surface area (Å²) in [5, 5.41) is 2.81. The number of carbonyl (C=O) groups excluding carboxylic acids is 2. The van der Waals surface area contributed by atoms with Crippen molar-refractivity contribution in [1.29, 1.82) is 0 Å². The van der Waals surface area contributed by atoms with E-state index in [0.29, 0.717) is 45.5 Å². The summed E-state index contributed by atoms with van der Waals surface area (Å²) in [6, 6.07) is 13.4. The summed E-state index contributed by atoms with van der Waals surface area (Å²) in [4.78, 5) is 41.0. The van der Waals surface area contributed by atoms with Crippen LogP contribution in [0.3, 0.4) is 0 Å². The van der Waals surface area contributed by atoms with Gasteiger partial charge in [-0.05, 0) is 57.3 Å². The van der Waals surface area contributed by atoms with Gasteiger partial charge in [0.2, 0.25) is 5.43 Å². The van der Waals surface area contributed by atoms with Crippen molar-refractivity contribution in [2.75, 3.05) is 27.2 Å². The van der Waals surface area contributed by atoms with Crippen LogP contribution in [0.25, 0.3) is 32.6 Å². The van der Waals surface area contributed by atoms with Crippen LogP contribution < -0.4 is 14.9 Å². The number of esters is 2. The zero-order valence-electron chi connectivity index (χ0n) is 24.6. The average molecular weight is 561 g/mol. The first-order valence-electron chi connectivity index (χ1n) is 13.7. The molecular formula is C32H36N2O7. The standard InChI is InChI=1S/C32H36N2O7/c1-18(35)39-30-27-25(41-32(3,4)31(30)40-19(2)36)17-24(38-14-10-13-33(5)6)26-28(27)34(7)23-16-21-12-9-8-11-20(21)15-22(23)29(26)37/h8-9,11-12,15-17,30-31H,10,13-14H2,1-7H3/t30-,31-/m0/s1. The molecule has 1 aliphatic heterocycles. The summed E-state index contributed by atoms with van der Waals surface area (Å²) in [5.41, 5.74) is 0.386. The first-order chi connectivity index (χ1) is 19.4. The van der Waals surface area contributed by atoms with Gasteiger partial charge < -0.3 is 28.4 Å². The van der Waals surface area contributed by atoms with Crippen LogP contribution in [0.15, 0.2) is 47.3 Å². The molecule has 0 saturated heterocycles. The van der Waals surface area contributed by atoms with Crippen molar-refractivity contribution in [2.24, 2.45) is 7.05 Å². The van der Waals surface area contributed by atoms with E-state index in [4.69, 9.17) is 18.9 Å². The van der Waals surface area contributed by atoms with Gasteiger partial charge in [-0.15, -0.1) is 0 Å². The van der Waals surface area contributed by atoms with Crippen LogP contribution in [0.2, 0.25) is 0 Å². The zero-order chi connectivity index (χ0) is 29.6.